The molecule has 0 bridgehead atoms. The molecule has 0 N–H and O–H groups in total. The average Bonchev–Trinajstić information content (AvgIpc) is 2.54. The third kappa shape index (κ3) is 1.73. The topological polar surface area (TPSA) is 30.2 Å². The summed E-state index contributed by atoms with van der Waals surface area (Å²) in [5.74, 6) is 0. The number of imidazole rings is 1. The first-order chi connectivity index (χ1) is 7.43. The summed E-state index contributed by atoms with van der Waals surface area (Å²) in [6.07, 6.45) is -4.28. The number of rotatable bonds is 1. The molecule has 0 radical (unpaired) electrons. The summed E-state index contributed by atoms with van der Waals surface area (Å²) >= 11 is 5.63. The number of nitrogens with zero attached hydrogens (tertiary/aromatic N) is 3. The Labute approximate surface area is 93.9 Å². The van der Waals surface area contributed by atoms with Crippen molar-refractivity contribution in [3.8, 4) is 0 Å². The van der Waals surface area contributed by atoms with Gasteiger partial charge in [0.15, 0.2) is 11.3 Å². The van der Waals surface area contributed by atoms with Gasteiger partial charge in [0.05, 0.1) is 5.69 Å². The van der Waals surface area contributed by atoms with E-state index < -0.39 is 11.9 Å². The molecule has 0 amide bonds. The molecule has 2 aromatic rings. The van der Waals surface area contributed by atoms with Gasteiger partial charge < -0.3 is 0 Å². The molecule has 0 atom stereocenters. The Hall–Kier alpha value is -1.30. The standard InChI is InChI=1S/C9H7ClF3N3/c1-2-5-8(9(11,12)13)14-7-4-3-6(10)15-16(5)7/h3-4H,2H2,1H3. The van der Waals surface area contributed by atoms with Crippen LogP contribution >= 0.6 is 11.6 Å². The predicted molar refractivity (Wildman–Crippen MR) is 52.4 cm³/mol. The van der Waals surface area contributed by atoms with Crippen molar-refractivity contribution >= 4 is 17.2 Å². The zero-order valence-corrected chi connectivity index (χ0v) is 8.97. The molecule has 0 unspecified atom stereocenters. The second-order valence-corrected chi connectivity index (χ2v) is 3.57. The van der Waals surface area contributed by atoms with Crippen molar-refractivity contribution in [2.45, 2.75) is 19.5 Å². The van der Waals surface area contributed by atoms with Crippen LogP contribution in [0.2, 0.25) is 5.15 Å². The van der Waals surface area contributed by atoms with Crippen molar-refractivity contribution in [1.82, 2.24) is 14.6 Å². The van der Waals surface area contributed by atoms with E-state index in [0.29, 0.717) is 0 Å². The summed E-state index contributed by atoms with van der Waals surface area (Å²) in [4.78, 5) is 3.51. The zero-order valence-electron chi connectivity index (χ0n) is 8.22. The van der Waals surface area contributed by atoms with Crippen LogP contribution in [0.3, 0.4) is 0 Å². The fraction of sp³-hybridized carbons (Fsp3) is 0.333. The highest BCUT2D eigenvalue weighted by Crippen LogP contribution is 2.31. The number of aromatic nitrogens is 3. The summed E-state index contributed by atoms with van der Waals surface area (Å²) in [6.45, 7) is 1.61. The van der Waals surface area contributed by atoms with E-state index in [1.54, 1.807) is 6.92 Å². The average molecular weight is 250 g/mol. The summed E-state index contributed by atoms with van der Waals surface area (Å²) in [5.41, 5.74) is -0.733. The molecule has 0 saturated heterocycles. The molecule has 0 aliphatic rings. The molecular formula is C9H7ClF3N3. The molecular weight excluding hydrogens is 243 g/mol. The Kier molecular flexibility index (Phi) is 2.53. The van der Waals surface area contributed by atoms with Crippen molar-refractivity contribution < 1.29 is 13.2 Å². The fourth-order valence-corrected chi connectivity index (χ4v) is 1.64. The van der Waals surface area contributed by atoms with E-state index in [1.807, 2.05) is 0 Å². The number of hydrogen-bond donors (Lipinski definition) is 0. The summed E-state index contributed by atoms with van der Waals surface area (Å²) in [5, 5.41) is 3.93. The van der Waals surface area contributed by atoms with Gasteiger partial charge in [0.2, 0.25) is 0 Å². The highest BCUT2D eigenvalue weighted by atomic mass is 35.5. The SMILES string of the molecule is CCc1c(C(F)(F)F)nc2ccc(Cl)nn12. The maximum absolute atomic E-state index is 12.6. The normalized spacial score (nSPS) is 12.3. The van der Waals surface area contributed by atoms with Gasteiger partial charge in [-0.25, -0.2) is 9.50 Å². The van der Waals surface area contributed by atoms with E-state index in [1.165, 1.54) is 12.1 Å². The number of fused-ring (bicyclic) bond motifs is 1. The van der Waals surface area contributed by atoms with Crippen LogP contribution in [0.4, 0.5) is 13.2 Å². The molecule has 86 valence electrons. The van der Waals surface area contributed by atoms with Crippen LogP contribution in [0.15, 0.2) is 12.1 Å². The van der Waals surface area contributed by atoms with Gasteiger partial charge in [-0.1, -0.05) is 18.5 Å². The molecule has 0 spiro atoms. The van der Waals surface area contributed by atoms with Crippen LogP contribution in [0.1, 0.15) is 18.3 Å². The van der Waals surface area contributed by atoms with Crippen molar-refractivity contribution in [3.05, 3.63) is 28.7 Å². The summed E-state index contributed by atoms with van der Waals surface area (Å²) in [7, 11) is 0. The van der Waals surface area contributed by atoms with Gasteiger partial charge in [-0.2, -0.15) is 18.3 Å². The predicted octanol–water partition coefficient (Wildman–Crippen LogP) is 2.96. The third-order valence-corrected chi connectivity index (χ3v) is 2.34. The minimum absolute atomic E-state index is 0.0185. The molecule has 0 saturated carbocycles. The van der Waals surface area contributed by atoms with E-state index in [9.17, 15) is 13.2 Å². The Morgan fingerprint density at radius 2 is 2.06 bits per heavy atom. The van der Waals surface area contributed by atoms with Crippen LogP contribution < -0.4 is 0 Å². The summed E-state index contributed by atoms with van der Waals surface area (Å²) < 4.78 is 39.0. The first-order valence-corrected chi connectivity index (χ1v) is 4.92. The zero-order chi connectivity index (χ0) is 11.9. The Bertz CT molecular complexity index is 533. The summed E-state index contributed by atoms with van der Waals surface area (Å²) in [6, 6.07) is 2.81. The highest BCUT2D eigenvalue weighted by Gasteiger charge is 2.37. The highest BCUT2D eigenvalue weighted by molar-refractivity contribution is 6.29. The van der Waals surface area contributed by atoms with Gasteiger partial charge in [-0.15, -0.1) is 0 Å². The minimum atomic E-state index is -4.47. The molecule has 2 rings (SSSR count). The second kappa shape index (κ2) is 3.62. The van der Waals surface area contributed by atoms with Crippen LogP contribution in [0.5, 0.6) is 0 Å². The van der Waals surface area contributed by atoms with Crippen molar-refractivity contribution in [2.75, 3.05) is 0 Å². The molecule has 0 fully saturated rings. The van der Waals surface area contributed by atoms with Gasteiger partial charge in [0.25, 0.3) is 0 Å². The van der Waals surface area contributed by atoms with E-state index in [0.717, 1.165) is 4.52 Å². The van der Waals surface area contributed by atoms with E-state index in [-0.39, 0.29) is 22.9 Å². The number of alkyl halides is 3. The smallest absolute Gasteiger partial charge is 0.222 e. The molecule has 0 aromatic carbocycles. The largest absolute Gasteiger partial charge is 0.435 e. The van der Waals surface area contributed by atoms with Gasteiger partial charge >= 0.3 is 6.18 Å². The van der Waals surface area contributed by atoms with Gasteiger partial charge in [0, 0.05) is 0 Å². The van der Waals surface area contributed by atoms with Gasteiger partial charge in [-0.05, 0) is 18.6 Å². The Morgan fingerprint density at radius 3 is 2.62 bits per heavy atom. The van der Waals surface area contributed by atoms with Crippen LogP contribution in [0.25, 0.3) is 5.65 Å². The van der Waals surface area contributed by atoms with E-state index in [2.05, 4.69) is 10.1 Å². The first-order valence-electron chi connectivity index (χ1n) is 4.55. The van der Waals surface area contributed by atoms with Crippen LogP contribution in [0, 0.1) is 0 Å². The number of aryl methyl sites for hydroxylation is 1. The van der Waals surface area contributed by atoms with Crippen molar-refractivity contribution in [2.24, 2.45) is 0 Å². The van der Waals surface area contributed by atoms with Crippen LogP contribution in [-0.2, 0) is 12.6 Å². The molecule has 16 heavy (non-hydrogen) atoms. The van der Waals surface area contributed by atoms with Crippen molar-refractivity contribution in [3.63, 3.8) is 0 Å². The molecule has 0 aliphatic heterocycles. The quantitative estimate of drug-likeness (QED) is 0.778. The molecule has 0 aliphatic carbocycles. The second-order valence-electron chi connectivity index (χ2n) is 3.18. The molecule has 7 heteroatoms. The number of halogens is 4. The van der Waals surface area contributed by atoms with Gasteiger partial charge in [-0.3, -0.25) is 0 Å². The lowest BCUT2D eigenvalue weighted by atomic mass is 10.2. The lowest BCUT2D eigenvalue weighted by Crippen LogP contribution is -2.09. The fourth-order valence-electron chi connectivity index (χ4n) is 1.50. The lowest BCUT2D eigenvalue weighted by molar-refractivity contribution is -0.141. The third-order valence-electron chi connectivity index (χ3n) is 2.14. The number of hydrogen-bond acceptors (Lipinski definition) is 2. The maximum atomic E-state index is 12.6. The lowest BCUT2D eigenvalue weighted by Gasteiger charge is -2.04. The van der Waals surface area contributed by atoms with E-state index in [4.69, 9.17) is 11.6 Å². The van der Waals surface area contributed by atoms with E-state index >= 15 is 0 Å². The molecule has 3 nitrogen and oxygen atoms in total. The minimum Gasteiger partial charge on any atom is -0.222 e. The van der Waals surface area contributed by atoms with Crippen LogP contribution in [-0.4, -0.2) is 14.6 Å². The van der Waals surface area contributed by atoms with Crippen molar-refractivity contribution in [1.29, 1.82) is 0 Å². The monoisotopic (exact) mass is 249 g/mol. The maximum Gasteiger partial charge on any atom is 0.435 e. The molecule has 2 aromatic heterocycles. The van der Waals surface area contributed by atoms with Gasteiger partial charge in [0.1, 0.15) is 5.15 Å². The molecule has 2 heterocycles. The first kappa shape index (κ1) is 11.2. The Morgan fingerprint density at radius 1 is 1.38 bits per heavy atom. The Balaban J connectivity index is 2.77.